The van der Waals surface area contributed by atoms with Crippen molar-refractivity contribution in [2.45, 2.75) is 58.2 Å². The van der Waals surface area contributed by atoms with E-state index in [1.807, 2.05) is 12.1 Å². The first-order chi connectivity index (χ1) is 12.7. The molecule has 26 heavy (non-hydrogen) atoms. The highest BCUT2D eigenvalue weighted by Gasteiger charge is 2.26. The van der Waals surface area contributed by atoms with Crippen LogP contribution < -0.4 is 0 Å². The molecule has 0 N–H and O–H groups in total. The number of rotatable bonds is 10. The summed E-state index contributed by atoms with van der Waals surface area (Å²) in [5, 5.41) is 0. The van der Waals surface area contributed by atoms with Crippen LogP contribution in [0.25, 0.3) is 0 Å². The summed E-state index contributed by atoms with van der Waals surface area (Å²) < 4.78 is 4.98. The van der Waals surface area contributed by atoms with Crippen LogP contribution in [-0.2, 0) is 16.1 Å². The molecule has 0 heterocycles. The quantitative estimate of drug-likeness (QED) is 0.538. The molecule has 0 aliphatic heterocycles. The van der Waals surface area contributed by atoms with Crippen molar-refractivity contribution < 1.29 is 9.53 Å². The molecule has 0 aliphatic carbocycles. The Balaban J connectivity index is 2.30. The fraction of sp³-hybridized carbons (Fsp3) is 0.435. The Bertz CT molecular complexity index is 642. The first-order valence-corrected chi connectivity index (χ1v) is 9.57. The molecule has 0 amide bonds. The molecule has 0 aromatic heterocycles. The molecule has 2 aromatic carbocycles. The van der Waals surface area contributed by atoms with E-state index in [1.165, 1.54) is 18.2 Å². The minimum absolute atomic E-state index is 0.135. The number of ether oxygens (including phenoxy) is 1. The van der Waals surface area contributed by atoms with Gasteiger partial charge < -0.3 is 4.74 Å². The average Bonchev–Trinajstić information content (AvgIpc) is 2.70. The number of hydrogen-bond donors (Lipinski definition) is 0. The first-order valence-electron chi connectivity index (χ1n) is 9.57. The van der Waals surface area contributed by atoms with Crippen LogP contribution in [0.1, 0.15) is 56.7 Å². The summed E-state index contributed by atoms with van der Waals surface area (Å²) in [4.78, 5) is 14.5. The van der Waals surface area contributed by atoms with E-state index in [-0.39, 0.29) is 18.1 Å². The Kier molecular flexibility index (Phi) is 8.36. The van der Waals surface area contributed by atoms with Gasteiger partial charge in [-0.1, -0.05) is 80.4 Å². The van der Waals surface area contributed by atoms with Crippen LogP contribution in [0.15, 0.2) is 60.7 Å². The van der Waals surface area contributed by atoms with Gasteiger partial charge in [-0.2, -0.15) is 0 Å². The molecule has 2 rings (SSSR count). The fourth-order valence-electron chi connectivity index (χ4n) is 3.40. The smallest absolute Gasteiger partial charge is 0.307 e. The summed E-state index contributed by atoms with van der Waals surface area (Å²) in [7, 11) is 1.47. The van der Waals surface area contributed by atoms with Crippen LogP contribution in [0, 0.1) is 0 Å². The van der Waals surface area contributed by atoms with Gasteiger partial charge in [0, 0.05) is 18.6 Å². The van der Waals surface area contributed by atoms with Crippen LogP contribution in [0.4, 0.5) is 0 Å². The van der Waals surface area contributed by atoms with Gasteiger partial charge in [-0.15, -0.1) is 0 Å². The maximum absolute atomic E-state index is 12.1. The van der Waals surface area contributed by atoms with Crippen molar-refractivity contribution in [3.63, 3.8) is 0 Å². The number of unbranched alkanes of at least 4 members (excludes halogenated alkanes) is 1. The van der Waals surface area contributed by atoms with E-state index in [4.69, 9.17) is 4.74 Å². The number of benzene rings is 2. The second-order valence-corrected chi connectivity index (χ2v) is 6.82. The van der Waals surface area contributed by atoms with E-state index in [1.54, 1.807) is 0 Å². The summed E-state index contributed by atoms with van der Waals surface area (Å²) in [5.74, 6) is -0.135. The highest BCUT2D eigenvalue weighted by molar-refractivity contribution is 5.69. The number of hydrogen-bond acceptors (Lipinski definition) is 3. The molecule has 0 fully saturated rings. The van der Waals surface area contributed by atoms with E-state index in [2.05, 4.69) is 67.3 Å². The van der Waals surface area contributed by atoms with Crippen molar-refractivity contribution in [3.05, 3.63) is 71.8 Å². The van der Waals surface area contributed by atoms with Gasteiger partial charge in [0.25, 0.3) is 0 Å². The standard InChI is InChI=1S/C23H31NO2/c1-4-5-16-22(17-23(25)26-3)24(18-20-12-8-6-9-13-20)19(2)21-14-10-7-11-15-21/h6-15,19,22H,4-5,16-18H2,1-3H3/t19-,22-/m1/s1. The molecule has 2 atom stereocenters. The highest BCUT2D eigenvalue weighted by atomic mass is 16.5. The third-order valence-corrected chi connectivity index (χ3v) is 4.98. The van der Waals surface area contributed by atoms with Gasteiger partial charge in [-0.3, -0.25) is 9.69 Å². The number of methoxy groups -OCH3 is 1. The van der Waals surface area contributed by atoms with E-state index in [0.717, 1.165) is 25.8 Å². The van der Waals surface area contributed by atoms with Gasteiger partial charge in [0.1, 0.15) is 0 Å². The Morgan fingerprint density at radius 2 is 1.65 bits per heavy atom. The van der Waals surface area contributed by atoms with Crippen LogP contribution >= 0.6 is 0 Å². The van der Waals surface area contributed by atoms with E-state index >= 15 is 0 Å². The average molecular weight is 354 g/mol. The largest absolute Gasteiger partial charge is 0.469 e. The second kappa shape index (κ2) is 10.8. The predicted molar refractivity (Wildman–Crippen MR) is 107 cm³/mol. The number of carbonyl (C=O) groups excluding carboxylic acids is 1. The molecule has 3 nitrogen and oxygen atoms in total. The van der Waals surface area contributed by atoms with E-state index in [9.17, 15) is 4.79 Å². The van der Waals surface area contributed by atoms with Crippen molar-refractivity contribution in [2.24, 2.45) is 0 Å². The molecule has 140 valence electrons. The number of carbonyl (C=O) groups is 1. The SMILES string of the molecule is CCCC[C@H](CC(=O)OC)N(Cc1ccccc1)[C@H](C)c1ccccc1. The molecule has 0 bridgehead atoms. The van der Waals surface area contributed by atoms with Crippen LogP contribution in [0.2, 0.25) is 0 Å². The monoisotopic (exact) mass is 353 g/mol. The first kappa shape index (κ1) is 20.2. The summed E-state index contributed by atoms with van der Waals surface area (Å²) >= 11 is 0. The van der Waals surface area contributed by atoms with Crippen molar-refractivity contribution in [1.82, 2.24) is 4.90 Å². The molecule has 0 spiro atoms. The third kappa shape index (κ3) is 5.99. The summed E-state index contributed by atoms with van der Waals surface area (Å²) in [6.45, 7) is 5.24. The normalized spacial score (nSPS) is 13.4. The van der Waals surface area contributed by atoms with Crippen LogP contribution in [0.5, 0.6) is 0 Å². The highest BCUT2D eigenvalue weighted by Crippen LogP contribution is 2.28. The van der Waals surface area contributed by atoms with Crippen molar-refractivity contribution in [2.75, 3.05) is 7.11 Å². The third-order valence-electron chi connectivity index (χ3n) is 4.98. The maximum Gasteiger partial charge on any atom is 0.307 e. The van der Waals surface area contributed by atoms with Crippen molar-refractivity contribution in [1.29, 1.82) is 0 Å². The number of esters is 1. The molecule has 0 radical (unpaired) electrons. The maximum atomic E-state index is 12.1. The molecular weight excluding hydrogens is 322 g/mol. The Labute approximate surface area is 158 Å². The fourth-order valence-corrected chi connectivity index (χ4v) is 3.40. The lowest BCUT2D eigenvalue weighted by molar-refractivity contribution is -0.142. The Hall–Kier alpha value is -2.13. The molecule has 3 heteroatoms. The lowest BCUT2D eigenvalue weighted by atomic mass is 9.98. The lowest BCUT2D eigenvalue weighted by Crippen LogP contribution is -2.38. The lowest BCUT2D eigenvalue weighted by Gasteiger charge is -2.36. The van der Waals surface area contributed by atoms with Crippen LogP contribution in [-0.4, -0.2) is 24.0 Å². The van der Waals surface area contributed by atoms with Gasteiger partial charge in [0.2, 0.25) is 0 Å². The summed E-state index contributed by atoms with van der Waals surface area (Å²) in [5.41, 5.74) is 2.54. The van der Waals surface area contributed by atoms with Gasteiger partial charge in [0.15, 0.2) is 0 Å². The molecule has 0 saturated heterocycles. The zero-order valence-corrected chi connectivity index (χ0v) is 16.2. The number of nitrogens with zero attached hydrogens (tertiary/aromatic N) is 1. The van der Waals surface area contributed by atoms with Gasteiger partial charge >= 0.3 is 5.97 Å². The summed E-state index contributed by atoms with van der Waals surface area (Å²) in [6.07, 6.45) is 3.65. The van der Waals surface area contributed by atoms with E-state index in [0.29, 0.717) is 6.42 Å². The summed E-state index contributed by atoms with van der Waals surface area (Å²) in [6, 6.07) is 21.4. The zero-order valence-electron chi connectivity index (χ0n) is 16.2. The molecule has 0 aliphatic rings. The van der Waals surface area contributed by atoms with Crippen molar-refractivity contribution >= 4 is 5.97 Å². The van der Waals surface area contributed by atoms with Crippen LogP contribution in [0.3, 0.4) is 0 Å². The molecular formula is C23H31NO2. The topological polar surface area (TPSA) is 29.5 Å². The van der Waals surface area contributed by atoms with Gasteiger partial charge in [-0.05, 0) is 24.5 Å². The molecule has 0 saturated carbocycles. The van der Waals surface area contributed by atoms with E-state index < -0.39 is 0 Å². The van der Waals surface area contributed by atoms with Gasteiger partial charge in [-0.25, -0.2) is 0 Å². The predicted octanol–water partition coefficient (Wildman–Crippen LogP) is 5.37. The van der Waals surface area contributed by atoms with Crippen molar-refractivity contribution in [3.8, 4) is 0 Å². The van der Waals surface area contributed by atoms with Gasteiger partial charge in [0.05, 0.1) is 13.5 Å². The molecule has 0 unspecified atom stereocenters. The molecule has 2 aromatic rings. The zero-order chi connectivity index (χ0) is 18.8. The minimum atomic E-state index is -0.135. The minimum Gasteiger partial charge on any atom is -0.469 e. The Morgan fingerprint density at radius 1 is 1.04 bits per heavy atom. The Morgan fingerprint density at radius 3 is 2.23 bits per heavy atom. The second-order valence-electron chi connectivity index (χ2n) is 6.82.